The highest BCUT2D eigenvalue weighted by molar-refractivity contribution is 7.90. The lowest BCUT2D eigenvalue weighted by atomic mass is 10.1. The average Bonchev–Trinajstić information content (AvgIpc) is 2.82. The number of sulfone groups is 1. The Labute approximate surface area is 116 Å². The first-order chi connectivity index (χ1) is 9.32. The number of carboxylic acids is 1. The van der Waals surface area contributed by atoms with Crippen molar-refractivity contribution in [1.82, 2.24) is 9.78 Å². The Bertz CT molecular complexity index is 745. The Hall–Kier alpha value is -2.15. The van der Waals surface area contributed by atoms with Crippen molar-refractivity contribution in [2.24, 2.45) is 0 Å². The molecule has 0 unspecified atom stereocenters. The van der Waals surface area contributed by atoms with Crippen LogP contribution in [0.5, 0.6) is 0 Å². The number of hydrogen-bond donors (Lipinski definition) is 1. The summed E-state index contributed by atoms with van der Waals surface area (Å²) in [4.78, 5) is 11.3. The number of nitrogens with zero attached hydrogens (tertiary/aromatic N) is 2. The van der Waals surface area contributed by atoms with Gasteiger partial charge in [-0.2, -0.15) is 5.10 Å². The molecule has 1 aromatic heterocycles. The molecule has 0 radical (unpaired) electrons. The molecule has 0 aliphatic rings. The first-order valence-corrected chi connectivity index (χ1v) is 7.83. The Balaban J connectivity index is 2.45. The van der Waals surface area contributed by atoms with Gasteiger partial charge < -0.3 is 5.11 Å². The van der Waals surface area contributed by atoms with E-state index >= 15 is 0 Å². The second-order valence-corrected chi connectivity index (χ2v) is 6.35. The maximum Gasteiger partial charge on any atom is 0.354 e. The van der Waals surface area contributed by atoms with Crippen LogP contribution in [0.15, 0.2) is 35.2 Å². The van der Waals surface area contributed by atoms with E-state index in [2.05, 4.69) is 5.10 Å². The molecule has 1 N–H and O–H groups in total. The number of aromatic carboxylic acids is 1. The van der Waals surface area contributed by atoms with Gasteiger partial charge >= 0.3 is 5.97 Å². The largest absolute Gasteiger partial charge is 0.477 e. The highest BCUT2D eigenvalue weighted by Gasteiger charge is 2.15. The van der Waals surface area contributed by atoms with Gasteiger partial charge in [0.1, 0.15) is 5.69 Å². The number of hydrogen-bond acceptors (Lipinski definition) is 4. The predicted molar refractivity (Wildman–Crippen MR) is 73.4 cm³/mol. The van der Waals surface area contributed by atoms with Crippen LogP contribution in [0.4, 0.5) is 0 Å². The zero-order valence-corrected chi connectivity index (χ0v) is 11.9. The summed E-state index contributed by atoms with van der Waals surface area (Å²) in [7, 11) is -3.24. The molecular weight excluding hydrogens is 280 g/mol. The van der Waals surface area contributed by atoms with E-state index in [0.29, 0.717) is 17.8 Å². The summed E-state index contributed by atoms with van der Waals surface area (Å²) in [6.07, 6.45) is 1.14. The summed E-state index contributed by atoms with van der Waals surface area (Å²) >= 11 is 0. The number of rotatable bonds is 4. The first-order valence-electron chi connectivity index (χ1n) is 5.94. The van der Waals surface area contributed by atoms with E-state index in [0.717, 1.165) is 6.26 Å². The molecule has 106 valence electrons. The fourth-order valence-corrected chi connectivity index (χ4v) is 2.47. The van der Waals surface area contributed by atoms with Gasteiger partial charge in [0.2, 0.25) is 0 Å². The van der Waals surface area contributed by atoms with E-state index < -0.39 is 15.8 Å². The predicted octanol–water partition coefficient (Wildman–Crippen LogP) is 1.67. The molecule has 0 atom stereocenters. The molecule has 1 aromatic carbocycles. The van der Waals surface area contributed by atoms with Gasteiger partial charge in [0.25, 0.3) is 0 Å². The molecule has 0 fully saturated rings. The van der Waals surface area contributed by atoms with E-state index in [1.54, 1.807) is 19.1 Å². The van der Waals surface area contributed by atoms with Gasteiger partial charge in [-0.15, -0.1) is 0 Å². The maximum absolute atomic E-state index is 11.4. The van der Waals surface area contributed by atoms with Crippen LogP contribution in [0.1, 0.15) is 17.4 Å². The van der Waals surface area contributed by atoms with Crippen molar-refractivity contribution in [3.05, 3.63) is 36.0 Å². The Kier molecular flexibility index (Phi) is 3.63. The molecule has 1 heterocycles. The third-order valence-corrected chi connectivity index (χ3v) is 4.01. The lowest BCUT2D eigenvalue weighted by Gasteiger charge is -2.00. The standard InChI is InChI=1S/C13H14N2O4S/c1-3-15-12(13(16)17)8-11(14-15)9-4-6-10(7-5-9)20(2,18)19/h4-8H,3H2,1-2H3,(H,16,17). The minimum atomic E-state index is -3.24. The summed E-state index contributed by atoms with van der Waals surface area (Å²) < 4.78 is 24.1. The molecule has 7 heteroatoms. The molecule has 0 bridgehead atoms. The van der Waals surface area contributed by atoms with E-state index in [1.165, 1.54) is 22.9 Å². The zero-order valence-electron chi connectivity index (χ0n) is 11.1. The van der Waals surface area contributed by atoms with E-state index in [-0.39, 0.29) is 10.6 Å². The lowest BCUT2D eigenvalue weighted by molar-refractivity contribution is 0.0683. The van der Waals surface area contributed by atoms with E-state index in [4.69, 9.17) is 5.11 Å². The maximum atomic E-state index is 11.4. The summed E-state index contributed by atoms with van der Waals surface area (Å²) in [5.41, 5.74) is 1.28. The molecule has 20 heavy (non-hydrogen) atoms. The molecule has 0 saturated heterocycles. The van der Waals surface area contributed by atoms with Gasteiger partial charge in [-0.3, -0.25) is 4.68 Å². The second kappa shape index (κ2) is 5.09. The van der Waals surface area contributed by atoms with Crippen LogP contribution >= 0.6 is 0 Å². The van der Waals surface area contributed by atoms with Crippen LogP contribution in [0, 0.1) is 0 Å². The Morgan fingerprint density at radius 1 is 1.30 bits per heavy atom. The number of carboxylic acid groups (broad SMARTS) is 1. The fourth-order valence-electron chi connectivity index (χ4n) is 1.84. The summed E-state index contributed by atoms with van der Waals surface area (Å²) in [5.74, 6) is -1.04. The van der Waals surface area contributed by atoms with Gasteiger partial charge in [0.05, 0.1) is 10.6 Å². The van der Waals surface area contributed by atoms with Gasteiger partial charge in [-0.1, -0.05) is 12.1 Å². The second-order valence-electron chi connectivity index (χ2n) is 4.33. The molecule has 0 aliphatic heterocycles. The van der Waals surface area contributed by atoms with E-state index in [1.807, 2.05) is 0 Å². The summed E-state index contributed by atoms with van der Waals surface area (Å²) in [6, 6.07) is 7.67. The van der Waals surface area contributed by atoms with Gasteiger partial charge in [0, 0.05) is 18.4 Å². The van der Waals surface area contributed by atoms with Crippen molar-refractivity contribution in [2.75, 3.05) is 6.26 Å². The number of aromatic nitrogens is 2. The van der Waals surface area contributed by atoms with Crippen molar-refractivity contribution in [1.29, 1.82) is 0 Å². The monoisotopic (exact) mass is 294 g/mol. The molecular formula is C13H14N2O4S. The van der Waals surface area contributed by atoms with Crippen molar-refractivity contribution in [2.45, 2.75) is 18.4 Å². The Morgan fingerprint density at radius 3 is 2.30 bits per heavy atom. The quantitative estimate of drug-likeness (QED) is 0.926. The molecule has 0 spiro atoms. The van der Waals surface area contributed by atoms with Crippen LogP contribution in [0.2, 0.25) is 0 Å². The molecule has 0 amide bonds. The molecule has 2 rings (SSSR count). The normalized spacial score (nSPS) is 11.5. The highest BCUT2D eigenvalue weighted by Crippen LogP contribution is 2.21. The Morgan fingerprint density at radius 2 is 1.90 bits per heavy atom. The molecule has 2 aromatic rings. The van der Waals surface area contributed by atoms with Crippen LogP contribution in [0.25, 0.3) is 11.3 Å². The van der Waals surface area contributed by atoms with Crippen molar-refractivity contribution >= 4 is 15.8 Å². The van der Waals surface area contributed by atoms with Crippen LogP contribution in [-0.2, 0) is 16.4 Å². The van der Waals surface area contributed by atoms with Crippen LogP contribution < -0.4 is 0 Å². The van der Waals surface area contributed by atoms with Crippen molar-refractivity contribution in [3.8, 4) is 11.3 Å². The number of benzene rings is 1. The molecule has 6 nitrogen and oxygen atoms in total. The molecule has 0 aliphatic carbocycles. The average molecular weight is 294 g/mol. The minimum Gasteiger partial charge on any atom is -0.477 e. The van der Waals surface area contributed by atoms with Crippen molar-refractivity contribution in [3.63, 3.8) is 0 Å². The van der Waals surface area contributed by atoms with Gasteiger partial charge in [-0.25, -0.2) is 13.2 Å². The SMILES string of the molecule is CCn1nc(-c2ccc(S(C)(=O)=O)cc2)cc1C(=O)O. The highest BCUT2D eigenvalue weighted by atomic mass is 32.2. The van der Waals surface area contributed by atoms with Gasteiger partial charge in [0.15, 0.2) is 9.84 Å². The lowest BCUT2D eigenvalue weighted by Crippen LogP contribution is -2.08. The smallest absolute Gasteiger partial charge is 0.354 e. The fraction of sp³-hybridized carbons (Fsp3) is 0.231. The summed E-state index contributed by atoms with van der Waals surface area (Å²) in [6.45, 7) is 2.25. The first kappa shape index (κ1) is 14.3. The zero-order chi connectivity index (χ0) is 14.9. The number of carbonyl (C=O) groups is 1. The van der Waals surface area contributed by atoms with Crippen LogP contribution in [0.3, 0.4) is 0 Å². The molecule has 0 saturated carbocycles. The van der Waals surface area contributed by atoms with Crippen molar-refractivity contribution < 1.29 is 18.3 Å². The van der Waals surface area contributed by atoms with E-state index in [9.17, 15) is 13.2 Å². The van der Waals surface area contributed by atoms with Gasteiger partial charge in [-0.05, 0) is 25.1 Å². The minimum absolute atomic E-state index is 0.106. The third-order valence-electron chi connectivity index (χ3n) is 2.88. The topological polar surface area (TPSA) is 89.3 Å². The third kappa shape index (κ3) is 2.72. The summed E-state index contributed by atoms with van der Waals surface area (Å²) in [5, 5.41) is 13.3. The number of aryl methyl sites for hydroxylation is 1. The van der Waals surface area contributed by atoms with Crippen LogP contribution in [-0.4, -0.2) is 35.5 Å².